The van der Waals surface area contributed by atoms with Gasteiger partial charge in [0.1, 0.15) is 6.10 Å². The predicted octanol–water partition coefficient (Wildman–Crippen LogP) is 0.863. The zero-order chi connectivity index (χ0) is 18.4. The van der Waals surface area contributed by atoms with Crippen molar-refractivity contribution in [3.63, 3.8) is 0 Å². The fourth-order valence-corrected chi connectivity index (χ4v) is 3.94. The molecule has 1 aliphatic rings. The molecule has 0 amide bonds. The maximum atomic E-state index is 11.5. The van der Waals surface area contributed by atoms with Gasteiger partial charge < -0.3 is 24.4 Å². The summed E-state index contributed by atoms with van der Waals surface area (Å²) in [4.78, 5) is 21.6. The van der Waals surface area contributed by atoms with Crippen molar-refractivity contribution in [3.8, 4) is 0 Å². The fourth-order valence-electron chi connectivity index (χ4n) is 2.71. The summed E-state index contributed by atoms with van der Waals surface area (Å²) in [6, 6.07) is 9.50. The number of esters is 2. The minimum atomic E-state index is -1.34. The first kappa shape index (κ1) is 19.7. The quantitative estimate of drug-likeness (QED) is 0.682. The number of ether oxygens (including phenoxy) is 3. The Hall–Kier alpha value is -1.61. The number of carbonyl (C=O) groups excluding carboxylic acids is 2. The maximum absolute atomic E-state index is 11.5. The van der Waals surface area contributed by atoms with Crippen molar-refractivity contribution in [2.75, 3.05) is 13.2 Å². The molecule has 138 valence electrons. The molecule has 7 nitrogen and oxygen atoms in total. The third-order valence-electron chi connectivity index (χ3n) is 3.77. The third-order valence-corrected chi connectivity index (χ3v) is 5.19. The Morgan fingerprint density at radius 2 is 1.80 bits per heavy atom. The lowest BCUT2D eigenvalue weighted by Crippen LogP contribution is -2.47. The van der Waals surface area contributed by atoms with E-state index < -0.39 is 48.4 Å². The summed E-state index contributed by atoms with van der Waals surface area (Å²) in [6.07, 6.45) is -2.93. The van der Waals surface area contributed by atoms with Gasteiger partial charge in [-0.05, 0) is 5.56 Å². The number of benzene rings is 1. The highest BCUT2D eigenvalue weighted by atomic mass is 32.2. The number of rotatable bonds is 7. The Kier molecular flexibility index (Phi) is 6.83. The van der Waals surface area contributed by atoms with Crippen molar-refractivity contribution in [1.29, 1.82) is 0 Å². The molecule has 2 rings (SSSR count). The Bertz CT molecular complexity index is 594. The van der Waals surface area contributed by atoms with Gasteiger partial charge in [-0.15, -0.1) is 11.8 Å². The van der Waals surface area contributed by atoms with E-state index >= 15 is 0 Å². The predicted molar refractivity (Wildman–Crippen MR) is 90.6 cm³/mol. The summed E-state index contributed by atoms with van der Waals surface area (Å²) < 4.78 is 16.3. The van der Waals surface area contributed by atoms with Gasteiger partial charge in [0.05, 0.1) is 13.2 Å². The molecule has 1 fully saturated rings. The summed E-state index contributed by atoms with van der Waals surface area (Å²) in [7, 11) is 0. The molecular weight excluding hydrogens is 348 g/mol. The molecule has 8 heteroatoms. The number of hydrogen-bond donors (Lipinski definition) is 2. The van der Waals surface area contributed by atoms with Gasteiger partial charge in [-0.1, -0.05) is 30.3 Å². The second kappa shape index (κ2) is 8.66. The van der Waals surface area contributed by atoms with Gasteiger partial charge >= 0.3 is 11.9 Å². The Morgan fingerprint density at radius 3 is 2.32 bits per heavy atom. The molecule has 0 radical (unpaired) electrons. The van der Waals surface area contributed by atoms with E-state index in [2.05, 4.69) is 0 Å². The monoisotopic (exact) mass is 370 g/mol. The van der Waals surface area contributed by atoms with Crippen LogP contribution in [0.5, 0.6) is 0 Å². The SMILES string of the molecule is CC(=O)O[C@@H]1[C@@H](CO)O[C@@](CO)(SCc2ccccc2)[C@H]1OC(C)=O. The molecule has 1 aromatic carbocycles. The van der Waals surface area contributed by atoms with E-state index in [0.29, 0.717) is 5.75 Å². The summed E-state index contributed by atoms with van der Waals surface area (Å²) in [5, 5.41) is 19.6. The zero-order valence-corrected chi connectivity index (χ0v) is 14.9. The van der Waals surface area contributed by atoms with Crippen molar-refractivity contribution in [3.05, 3.63) is 35.9 Å². The Balaban J connectivity index is 2.27. The minimum Gasteiger partial charge on any atom is -0.456 e. The molecule has 25 heavy (non-hydrogen) atoms. The fraction of sp³-hybridized carbons (Fsp3) is 0.529. The molecule has 0 bridgehead atoms. The molecule has 1 saturated heterocycles. The van der Waals surface area contributed by atoms with Gasteiger partial charge in [-0.3, -0.25) is 9.59 Å². The highest BCUT2D eigenvalue weighted by Gasteiger charge is 2.59. The molecule has 4 atom stereocenters. The average Bonchev–Trinajstić information content (AvgIpc) is 2.87. The van der Waals surface area contributed by atoms with E-state index in [0.717, 1.165) is 5.56 Å². The zero-order valence-electron chi connectivity index (χ0n) is 14.1. The van der Waals surface area contributed by atoms with Crippen LogP contribution in [0.4, 0.5) is 0 Å². The smallest absolute Gasteiger partial charge is 0.303 e. The van der Waals surface area contributed by atoms with Crippen molar-refractivity contribution in [2.24, 2.45) is 0 Å². The average molecular weight is 370 g/mol. The summed E-state index contributed by atoms with van der Waals surface area (Å²) in [6.45, 7) is 1.52. The third kappa shape index (κ3) is 4.72. The Morgan fingerprint density at radius 1 is 1.16 bits per heavy atom. The highest BCUT2D eigenvalue weighted by molar-refractivity contribution is 7.99. The molecule has 1 aromatic rings. The topological polar surface area (TPSA) is 102 Å². The van der Waals surface area contributed by atoms with Gasteiger partial charge in [0.25, 0.3) is 0 Å². The number of thioether (sulfide) groups is 1. The molecule has 0 aromatic heterocycles. The maximum Gasteiger partial charge on any atom is 0.303 e. The van der Waals surface area contributed by atoms with Crippen molar-refractivity contribution < 1.29 is 34.0 Å². The van der Waals surface area contributed by atoms with Crippen molar-refractivity contribution in [2.45, 2.75) is 42.8 Å². The van der Waals surface area contributed by atoms with E-state index in [1.165, 1.54) is 25.6 Å². The van der Waals surface area contributed by atoms with Gasteiger partial charge in [0, 0.05) is 19.6 Å². The van der Waals surface area contributed by atoms with Crippen LogP contribution < -0.4 is 0 Å². The highest BCUT2D eigenvalue weighted by Crippen LogP contribution is 2.44. The molecule has 1 aliphatic heterocycles. The standard InChI is InChI=1S/C17H22O7S/c1-11(20)22-15-14(8-18)24-17(10-19,16(15)23-12(2)21)25-9-13-6-4-3-5-7-13/h3-7,14-16,18-19H,8-10H2,1-2H3/t14-,15-,16+,17+/m1/s1. The van der Waals surface area contributed by atoms with Crippen LogP contribution in [-0.2, 0) is 29.6 Å². The van der Waals surface area contributed by atoms with Crippen LogP contribution in [-0.4, -0.2) is 58.6 Å². The van der Waals surface area contributed by atoms with Crippen LogP contribution in [0.3, 0.4) is 0 Å². The lowest BCUT2D eigenvalue weighted by Gasteiger charge is -2.32. The van der Waals surface area contributed by atoms with Crippen molar-refractivity contribution >= 4 is 23.7 Å². The van der Waals surface area contributed by atoms with Crippen LogP contribution >= 0.6 is 11.8 Å². The summed E-state index contributed by atoms with van der Waals surface area (Å²) in [5.41, 5.74) is 0.988. The van der Waals surface area contributed by atoms with E-state index in [-0.39, 0.29) is 0 Å². The van der Waals surface area contributed by atoms with Crippen LogP contribution in [0.1, 0.15) is 19.4 Å². The molecule has 1 heterocycles. The van der Waals surface area contributed by atoms with Gasteiger partial charge in [0.15, 0.2) is 17.1 Å². The van der Waals surface area contributed by atoms with Crippen LogP contribution in [0.2, 0.25) is 0 Å². The molecule has 0 saturated carbocycles. The van der Waals surface area contributed by atoms with Crippen LogP contribution in [0.15, 0.2) is 30.3 Å². The van der Waals surface area contributed by atoms with Crippen LogP contribution in [0, 0.1) is 0 Å². The molecule has 0 aliphatic carbocycles. The van der Waals surface area contributed by atoms with Gasteiger partial charge in [0.2, 0.25) is 0 Å². The molecular formula is C17H22O7S. The van der Waals surface area contributed by atoms with Crippen molar-refractivity contribution in [1.82, 2.24) is 0 Å². The van der Waals surface area contributed by atoms with Crippen LogP contribution in [0.25, 0.3) is 0 Å². The van der Waals surface area contributed by atoms with E-state index in [4.69, 9.17) is 14.2 Å². The lowest BCUT2D eigenvalue weighted by molar-refractivity contribution is -0.165. The second-order valence-electron chi connectivity index (χ2n) is 5.69. The number of carbonyl (C=O) groups is 2. The number of hydrogen-bond acceptors (Lipinski definition) is 8. The molecule has 0 unspecified atom stereocenters. The number of aliphatic hydroxyl groups is 2. The van der Waals surface area contributed by atoms with E-state index in [1.54, 1.807) is 0 Å². The van der Waals surface area contributed by atoms with E-state index in [9.17, 15) is 19.8 Å². The van der Waals surface area contributed by atoms with Gasteiger partial charge in [-0.2, -0.15) is 0 Å². The first-order valence-electron chi connectivity index (χ1n) is 7.83. The first-order chi connectivity index (χ1) is 11.9. The first-order valence-corrected chi connectivity index (χ1v) is 8.82. The summed E-state index contributed by atoms with van der Waals surface area (Å²) >= 11 is 1.23. The largest absolute Gasteiger partial charge is 0.456 e. The molecule has 0 spiro atoms. The molecule has 2 N–H and O–H groups in total. The van der Waals surface area contributed by atoms with Gasteiger partial charge in [-0.25, -0.2) is 0 Å². The Labute approximate surface area is 150 Å². The summed E-state index contributed by atoms with van der Waals surface area (Å²) in [5.74, 6) is -0.710. The number of aliphatic hydroxyl groups excluding tert-OH is 2. The normalized spacial score (nSPS) is 28.6. The second-order valence-corrected chi connectivity index (χ2v) is 6.96. The van der Waals surface area contributed by atoms with E-state index in [1.807, 2.05) is 30.3 Å². The minimum absolute atomic E-state index is 0.441. The lowest BCUT2D eigenvalue weighted by atomic mass is 10.1.